The number of fused-ring (bicyclic) bond motifs is 4. The van der Waals surface area contributed by atoms with Gasteiger partial charge in [0.25, 0.3) is 5.56 Å². The lowest BCUT2D eigenvalue weighted by atomic mass is 10.0. The summed E-state index contributed by atoms with van der Waals surface area (Å²) in [5.74, 6) is 0.862. The molecule has 0 saturated heterocycles. The first-order valence-electron chi connectivity index (χ1n) is 12.2. The molecule has 186 valence electrons. The number of nitrogens with one attached hydrogen (secondary N) is 2. The minimum Gasteiger partial charge on any atom is -0.361 e. The average molecular weight is 525 g/mol. The molecular formula is C27H18ClFN8O. The van der Waals surface area contributed by atoms with Gasteiger partial charge < -0.3 is 14.5 Å². The van der Waals surface area contributed by atoms with Gasteiger partial charge in [-0.3, -0.25) is 4.79 Å². The van der Waals surface area contributed by atoms with Crippen LogP contribution in [0.3, 0.4) is 0 Å². The van der Waals surface area contributed by atoms with Crippen LogP contribution in [-0.2, 0) is 0 Å². The van der Waals surface area contributed by atoms with Crippen molar-refractivity contribution in [2.24, 2.45) is 5.92 Å². The molecule has 3 atom stereocenters. The van der Waals surface area contributed by atoms with Crippen molar-refractivity contribution in [3.05, 3.63) is 100.0 Å². The number of hydrogen-bond donors (Lipinski definition) is 2. The third-order valence-electron chi connectivity index (χ3n) is 7.70. The van der Waals surface area contributed by atoms with Crippen molar-refractivity contribution in [2.75, 3.05) is 0 Å². The summed E-state index contributed by atoms with van der Waals surface area (Å²) >= 11 is 6.33. The van der Waals surface area contributed by atoms with Gasteiger partial charge in [0.15, 0.2) is 0 Å². The summed E-state index contributed by atoms with van der Waals surface area (Å²) in [6, 6.07) is 14.1. The van der Waals surface area contributed by atoms with Crippen LogP contribution in [0.5, 0.6) is 0 Å². The van der Waals surface area contributed by atoms with Gasteiger partial charge in [-0.05, 0) is 70.8 Å². The Bertz CT molecular complexity index is 1940. The second-order valence-electron chi connectivity index (χ2n) is 9.79. The summed E-state index contributed by atoms with van der Waals surface area (Å²) in [5.41, 5.74) is 4.84. The van der Waals surface area contributed by atoms with Gasteiger partial charge in [0.1, 0.15) is 18.0 Å². The first-order chi connectivity index (χ1) is 18.6. The Balaban J connectivity index is 1.21. The smallest absolute Gasteiger partial charge is 0.252 e. The molecule has 0 spiro atoms. The zero-order valence-electron chi connectivity index (χ0n) is 19.6. The van der Waals surface area contributed by atoms with Crippen LogP contribution in [0, 0.1) is 11.7 Å². The van der Waals surface area contributed by atoms with E-state index in [0.717, 1.165) is 34.4 Å². The van der Waals surface area contributed by atoms with Crippen LogP contribution in [0.1, 0.15) is 29.9 Å². The van der Waals surface area contributed by atoms with E-state index in [0.29, 0.717) is 27.5 Å². The number of nitrogens with zero attached hydrogens (tertiary/aromatic N) is 6. The fourth-order valence-electron chi connectivity index (χ4n) is 5.90. The van der Waals surface area contributed by atoms with Gasteiger partial charge in [-0.2, -0.15) is 4.68 Å². The number of aromatic amines is 2. The molecule has 0 radical (unpaired) electrons. The summed E-state index contributed by atoms with van der Waals surface area (Å²) in [4.78, 5) is 24.5. The van der Waals surface area contributed by atoms with E-state index in [2.05, 4.69) is 36.5 Å². The van der Waals surface area contributed by atoms with Gasteiger partial charge >= 0.3 is 0 Å². The number of halogens is 2. The molecule has 1 aliphatic heterocycles. The SMILES string of the molecule is O=c1cc(-c2cc(Cl)ccc2-n2cnnn2)cc2n1C(c1ncc(-c3ccc4[nH]ccc4c3F)[nH]1)C1CC21. The van der Waals surface area contributed by atoms with Crippen LogP contribution in [0.2, 0.25) is 5.02 Å². The number of benzene rings is 2. The predicted octanol–water partition coefficient (Wildman–Crippen LogP) is 4.86. The Morgan fingerprint density at radius 2 is 2.00 bits per heavy atom. The van der Waals surface area contributed by atoms with E-state index in [1.807, 2.05) is 22.8 Å². The molecule has 1 aliphatic carbocycles. The quantitative estimate of drug-likeness (QED) is 0.342. The molecule has 4 aromatic heterocycles. The van der Waals surface area contributed by atoms with Crippen molar-refractivity contribution < 1.29 is 4.39 Å². The number of hydrogen-bond acceptors (Lipinski definition) is 5. The number of aromatic nitrogens is 8. The number of pyridine rings is 1. The molecule has 38 heavy (non-hydrogen) atoms. The highest BCUT2D eigenvalue weighted by Crippen LogP contribution is 2.60. The lowest BCUT2D eigenvalue weighted by Gasteiger charge is -2.18. The molecule has 2 aliphatic rings. The van der Waals surface area contributed by atoms with Gasteiger partial charge in [-0.1, -0.05) is 11.6 Å². The third kappa shape index (κ3) is 3.07. The fraction of sp³-hybridized carbons (Fsp3) is 0.148. The van der Waals surface area contributed by atoms with Crippen LogP contribution >= 0.6 is 11.6 Å². The van der Waals surface area contributed by atoms with Crippen molar-refractivity contribution in [2.45, 2.75) is 18.4 Å². The van der Waals surface area contributed by atoms with E-state index < -0.39 is 0 Å². The Morgan fingerprint density at radius 3 is 2.87 bits per heavy atom. The summed E-state index contributed by atoms with van der Waals surface area (Å²) in [5, 5.41) is 12.5. The molecule has 1 fully saturated rings. The maximum Gasteiger partial charge on any atom is 0.252 e. The fourth-order valence-corrected chi connectivity index (χ4v) is 6.07. The van der Waals surface area contributed by atoms with E-state index >= 15 is 4.39 Å². The largest absolute Gasteiger partial charge is 0.361 e. The molecule has 2 aromatic carbocycles. The zero-order valence-corrected chi connectivity index (χ0v) is 20.4. The Labute approximate surface area is 218 Å². The topological polar surface area (TPSA) is 110 Å². The average Bonchev–Trinajstić information content (AvgIpc) is 3.42. The third-order valence-corrected chi connectivity index (χ3v) is 7.94. The first kappa shape index (κ1) is 21.5. The maximum atomic E-state index is 15.2. The van der Waals surface area contributed by atoms with Gasteiger partial charge in [-0.25, -0.2) is 9.37 Å². The molecule has 0 bridgehead atoms. The molecule has 2 N–H and O–H groups in total. The normalized spacial score (nSPS) is 19.6. The van der Waals surface area contributed by atoms with Crippen molar-refractivity contribution in [3.8, 4) is 28.1 Å². The van der Waals surface area contributed by atoms with Crippen LogP contribution < -0.4 is 5.56 Å². The van der Waals surface area contributed by atoms with Crippen molar-refractivity contribution in [1.29, 1.82) is 0 Å². The van der Waals surface area contributed by atoms with Gasteiger partial charge in [0.2, 0.25) is 0 Å². The molecule has 1 saturated carbocycles. The summed E-state index contributed by atoms with van der Waals surface area (Å²) < 4.78 is 18.6. The highest BCUT2D eigenvalue weighted by atomic mass is 35.5. The highest BCUT2D eigenvalue weighted by molar-refractivity contribution is 6.31. The lowest BCUT2D eigenvalue weighted by Crippen LogP contribution is -2.26. The Hall–Kier alpha value is -4.57. The lowest BCUT2D eigenvalue weighted by molar-refractivity contribution is 0.514. The van der Waals surface area contributed by atoms with E-state index in [1.165, 1.54) is 6.33 Å². The van der Waals surface area contributed by atoms with E-state index in [1.54, 1.807) is 41.3 Å². The van der Waals surface area contributed by atoms with Crippen molar-refractivity contribution in [1.82, 2.24) is 39.7 Å². The molecule has 9 nitrogen and oxygen atoms in total. The summed E-state index contributed by atoms with van der Waals surface area (Å²) in [7, 11) is 0. The van der Waals surface area contributed by atoms with Gasteiger partial charge in [0, 0.05) is 50.9 Å². The van der Waals surface area contributed by atoms with Crippen LogP contribution in [0.15, 0.2) is 72.0 Å². The Morgan fingerprint density at radius 1 is 1.08 bits per heavy atom. The minimum atomic E-state index is -0.309. The standard InChI is InChI=1S/C27H18ClFN8O/c28-14-1-4-22(36-12-32-34-35-36)17(9-14)13-7-23-18-10-19(18)26(37(23)24(38)8-13)27-31-11-21(33-27)15-2-3-20-16(25(15)29)5-6-30-20/h1-9,11-12,18-19,26,30H,10H2,(H,31,33). The molecule has 3 unspecified atom stereocenters. The monoisotopic (exact) mass is 524 g/mol. The van der Waals surface area contributed by atoms with Crippen LogP contribution in [-0.4, -0.2) is 39.7 Å². The van der Waals surface area contributed by atoms with Gasteiger partial charge in [-0.15, -0.1) is 5.10 Å². The second kappa shape index (κ2) is 7.72. The molecule has 0 amide bonds. The van der Waals surface area contributed by atoms with E-state index in [4.69, 9.17) is 11.6 Å². The number of H-pyrrole nitrogens is 2. The predicted molar refractivity (Wildman–Crippen MR) is 139 cm³/mol. The Kier molecular flexibility index (Phi) is 4.37. The van der Waals surface area contributed by atoms with Crippen molar-refractivity contribution in [3.63, 3.8) is 0 Å². The summed E-state index contributed by atoms with van der Waals surface area (Å²) in [6.07, 6.45) is 5.83. The van der Waals surface area contributed by atoms with Crippen molar-refractivity contribution >= 4 is 22.5 Å². The number of rotatable bonds is 4. The highest BCUT2D eigenvalue weighted by Gasteiger charge is 2.54. The molecule has 11 heteroatoms. The minimum absolute atomic E-state index is 0.129. The number of tetrazole rings is 1. The number of imidazole rings is 1. The van der Waals surface area contributed by atoms with E-state index in [9.17, 15) is 4.79 Å². The summed E-state index contributed by atoms with van der Waals surface area (Å²) in [6.45, 7) is 0. The molecular weight excluding hydrogens is 507 g/mol. The van der Waals surface area contributed by atoms with Crippen LogP contribution in [0.4, 0.5) is 4.39 Å². The van der Waals surface area contributed by atoms with Crippen LogP contribution in [0.25, 0.3) is 39.0 Å². The maximum absolute atomic E-state index is 15.2. The van der Waals surface area contributed by atoms with E-state index in [-0.39, 0.29) is 29.3 Å². The molecule has 6 aromatic rings. The first-order valence-corrected chi connectivity index (χ1v) is 12.6. The zero-order chi connectivity index (χ0) is 25.5. The molecule has 8 rings (SSSR count). The second-order valence-corrected chi connectivity index (χ2v) is 10.2. The molecule has 5 heterocycles. The van der Waals surface area contributed by atoms with Gasteiger partial charge in [0.05, 0.1) is 23.6 Å².